The molecule has 0 fully saturated rings. The monoisotopic (exact) mass is 331 g/mol. The first-order valence-electron chi connectivity index (χ1n) is 6.16. The predicted molar refractivity (Wildman–Crippen MR) is 70.5 cm³/mol. The van der Waals surface area contributed by atoms with Crippen LogP contribution in [0.1, 0.15) is 5.56 Å². The molecule has 0 amide bonds. The van der Waals surface area contributed by atoms with Gasteiger partial charge < -0.3 is 9.47 Å². The molecule has 23 heavy (non-hydrogen) atoms. The first kappa shape index (κ1) is 16.5. The summed E-state index contributed by atoms with van der Waals surface area (Å²) < 4.78 is 58.1. The number of hydrogen-bond donors (Lipinski definition) is 0. The van der Waals surface area contributed by atoms with E-state index in [-0.39, 0.29) is 12.4 Å². The number of nitro groups is 1. The van der Waals surface area contributed by atoms with Crippen molar-refractivity contribution in [2.24, 2.45) is 0 Å². The van der Waals surface area contributed by atoms with Crippen molar-refractivity contribution in [1.29, 1.82) is 0 Å². The second-order valence-corrected chi connectivity index (χ2v) is 4.35. The number of rotatable bonds is 5. The maximum atomic E-state index is 13.1. The zero-order valence-corrected chi connectivity index (χ0v) is 11.3. The lowest BCUT2D eigenvalue weighted by molar-refractivity contribution is -0.386. The van der Waals surface area contributed by atoms with Crippen LogP contribution in [0, 0.1) is 15.9 Å². The summed E-state index contributed by atoms with van der Waals surface area (Å²) >= 11 is 0. The average Bonchev–Trinajstić information content (AvgIpc) is 2.44. The number of nitrogens with zero attached hydrogens (tertiary/aromatic N) is 1. The van der Waals surface area contributed by atoms with Crippen LogP contribution in [-0.2, 0) is 6.61 Å². The number of benzene rings is 2. The molecule has 122 valence electrons. The highest BCUT2D eigenvalue weighted by molar-refractivity contribution is 5.46. The third-order valence-corrected chi connectivity index (χ3v) is 2.67. The minimum atomic E-state index is -4.79. The highest BCUT2D eigenvalue weighted by Gasteiger charge is 2.30. The molecular weight excluding hydrogens is 322 g/mol. The van der Waals surface area contributed by atoms with Gasteiger partial charge in [0, 0.05) is 12.1 Å². The smallest absolute Gasteiger partial charge is 0.482 e. The Hall–Kier alpha value is -2.84. The van der Waals surface area contributed by atoms with E-state index in [1.807, 2.05) is 0 Å². The van der Waals surface area contributed by atoms with Crippen molar-refractivity contribution in [3.8, 4) is 11.5 Å². The van der Waals surface area contributed by atoms with E-state index in [4.69, 9.17) is 4.74 Å². The zero-order chi connectivity index (χ0) is 17.0. The molecule has 2 aromatic carbocycles. The Bertz CT molecular complexity index is 701. The lowest BCUT2D eigenvalue weighted by Crippen LogP contribution is -2.17. The van der Waals surface area contributed by atoms with Crippen molar-refractivity contribution in [1.82, 2.24) is 0 Å². The Morgan fingerprint density at radius 3 is 2.30 bits per heavy atom. The summed E-state index contributed by atoms with van der Waals surface area (Å²) in [6.07, 6.45) is -4.79. The zero-order valence-electron chi connectivity index (χ0n) is 11.3. The Kier molecular flexibility index (Phi) is 4.68. The number of ether oxygens (including phenoxy) is 2. The molecule has 0 unspecified atom stereocenters. The molecule has 0 heterocycles. The predicted octanol–water partition coefficient (Wildman–Crippen LogP) is 4.21. The highest BCUT2D eigenvalue weighted by Crippen LogP contribution is 2.28. The Morgan fingerprint density at radius 1 is 1.09 bits per heavy atom. The van der Waals surface area contributed by atoms with E-state index in [1.165, 1.54) is 12.1 Å². The molecule has 0 aliphatic heterocycles. The minimum absolute atomic E-state index is 0.184. The quantitative estimate of drug-likeness (QED) is 0.468. The molecule has 2 rings (SSSR count). The molecule has 0 spiro atoms. The number of halogens is 4. The Balaban J connectivity index is 2.07. The third-order valence-electron chi connectivity index (χ3n) is 2.67. The van der Waals surface area contributed by atoms with Gasteiger partial charge in [0.2, 0.25) is 0 Å². The fourth-order valence-electron chi connectivity index (χ4n) is 1.70. The van der Waals surface area contributed by atoms with E-state index in [2.05, 4.69) is 4.74 Å². The van der Waals surface area contributed by atoms with Gasteiger partial charge in [0.15, 0.2) is 5.75 Å². The second kappa shape index (κ2) is 6.51. The highest BCUT2D eigenvalue weighted by atomic mass is 19.4. The summed E-state index contributed by atoms with van der Waals surface area (Å²) in [6.45, 7) is -0.184. The molecule has 0 atom stereocenters. The SMILES string of the molecule is O=[N+]([O-])c1ccc(F)cc1OCc1ccc(OC(F)(F)F)cc1. The molecule has 2 aromatic rings. The van der Waals surface area contributed by atoms with E-state index in [9.17, 15) is 27.7 Å². The third kappa shape index (κ3) is 4.83. The van der Waals surface area contributed by atoms with Crippen molar-refractivity contribution in [3.05, 3.63) is 64.0 Å². The molecule has 5 nitrogen and oxygen atoms in total. The first-order valence-corrected chi connectivity index (χ1v) is 6.16. The van der Waals surface area contributed by atoms with Gasteiger partial charge in [-0.15, -0.1) is 13.2 Å². The van der Waals surface area contributed by atoms with Gasteiger partial charge in [-0.25, -0.2) is 4.39 Å². The van der Waals surface area contributed by atoms with Gasteiger partial charge >= 0.3 is 12.0 Å². The maximum Gasteiger partial charge on any atom is 0.573 e. The normalized spacial score (nSPS) is 11.1. The molecule has 0 aromatic heterocycles. The van der Waals surface area contributed by atoms with Crippen LogP contribution in [0.25, 0.3) is 0 Å². The van der Waals surface area contributed by atoms with Gasteiger partial charge in [0.1, 0.15) is 18.2 Å². The molecule has 0 bridgehead atoms. The van der Waals surface area contributed by atoms with Crippen molar-refractivity contribution < 1.29 is 32.0 Å². The fourth-order valence-corrected chi connectivity index (χ4v) is 1.70. The van der Waals surface area contributed by atoms with E-state index in [0.29, 0.717) is 5.56 Å². The summed E-state index contributed by atoms with van der Waals surface area (Å²) in [5.41, 5.74) is 0.0153. The van der Waals surface area contributed by atoms with Crippen LogP contribution in [0.5, 0.6) is 11.5 Å². The van der Waals surface area contributed by atoms with Crippen LogP contribution in [0.3, 0.4) is 0 Å². The van der Waals surface area contributed by atoms with Gasteiger partial charge in [-0.1, -0.05) is 12.1 Å². The second-order valence-electron chi connectivity index (χ2n) is 4.35. The van der Waals surface area contributed by atoms with Crippen LogP contribution in [0.4, 0.5) is 23.2 Å². The first-order chi connectivity index (χ1) is 10.7. The van der Waals surface area contributed by atoms with Gasteiger partial charge in [0.05, 0.1) is 4.92 Å². The van der Waals surface area contributed by atoms with Crippen LogP contribution in [0.2, 0.25) is 0 Å². The molecule has 0 saturated carbocycles. The van der Waals surface area contributed by atoms with E-state index in [0.717, 1.165) is 30.3 Å². The van der Waals surface area contributed by atoms with Crippen LogP contribution < -0.4 is 9.47 Å². The van der Waals surface area contributed by atoms with Crippen LogP contribution in [0.15, 0.2) is 42.5 Å². The topological polar surface area (TPSA) is 61.6 Å². The summed E-state index contributed by atoms with van der Waals surface area (Å²) in [6, 6.07) is 7.50. The van der Waals surface area contributed by atoms with Crippen molar-refractivity contribution in [2.75, 3.05) is 0 Å². The van der Waals surface area contributed by atoms with E-state index >= 15 is 0 Å². The Labute approximate surface area is 127 Å². The van der Waals surface area contributed by atoms with Gasteiger partial charge in [-0.2, -0.15) is 0 Å². The molecule has 9 heteroatoms. The Morgan fingerprint density at radius 2 is 1.74 bits per heavy atom. The van der Waals surface area contributed by atoms with Crippen LogP contribution >= 0.6 is 0 Å². The van der Waals surface area contributed by atoms with E-state index < -0.39 is 28.5 Å². The molecule has 0 aliphatic carbocycles. The average molecular weight is 331 g/mol. The molecule has 0 radical (unpaired) electrons. The number of nitro benzene ring substituents is 1. The largest absolute Gasteiger partial charge is 0.573 e. The molecule has 0 saturated heterocycles. The van der Waals surface area contributed by atoms with Gasteiger partial charge in [-0.05, 0) is 23.8 Å². The van der Waals surface area contributed by atoms with Crippen molar-refractivity contribution in [3.63, 3.8) is 0 Å². The lowest BCUT2D eigenvalue weighted by atomic mass is 10.2. The van der Waals surface area contributed by atoms with Crippen LogP contribution in [-0.4, -0.2) is 11.3 Å². The minimum Gasteiger partial charge on any atom is -0.482 e. The summed E-state index contributed by atoms with van der Waals surface area (Å²) in [7, 11) is 0. The summed E-state index contributed by atoms with van der Waals surface area (Å²) in [5, 5.41) is 10.8. The number of alkyl halides is 3. The van der Waals surface area contributed by atoms with Crippen molar-refractivity contribution in [2.45, 2.75) is 13.0 Å². The maximum absolute atomic E-state index is 13.1. The number of hydrogen-bond acceptors (Lipinski definition) is 4. The standard InChI is InChI=1S/C14H9F4NO4/c15-10-3-6-12(19(20)21)13(7-10)22-8-9-1-4-11(5-2-9)23-14(16,17)18/h1-7H,8H2. The molecular formula is C14H9F4NO4. The lowest BCUT2D eigenvalue weighted by Gasteiger charge is -2.10. The summed E-state index contributed by atoms with van der Waals surface area (Å²) in [4.78, 5) is 10.1. The molecule has 0 N–H and O–H groups in total. The molecule has 0 aliphatic rings. The van der Waals surface area contributed by atoms with Gasteiger partial charge in [0.25, 0.3) is 0 Å². The van der Waals surface area contributed by atoms with Crippen molar-refractivity contribution >= 4 is 5.69 Å². The fraction of sp³-hybridized carbons (Fsp3) is 0.143. The summed E-state index contributed by atoms with van der Waals surface area (Å²) in [5.74, 6) is -1.39. The van der Waals surface area contributed by atoms with E-state index in [1.54, 1.807) is 0 Å². The van der Waals surface area contributed by atoms with Gasteiger partial charge in [-0.3, -0.25) is 10.1 Å².